The van der Waals surface area contributed by atoms with E-state index in [0.717, 1.165) is 22.8 Å². The summed E-state index contributed by atoms with van der Waals surface area (Å²) in [6.45, 7) is 4.86. The number of ether oxygens (including phenoxy) is 1. The lowest BCUT2D eigenvalue weighted by Gasteiger charge is -2.29. The van der Waals surface area contributed by atoms with Gasteiger partial charge in [0, 0.05) is 18.2 Å². The van der Waals surface area contributed by atoms with E-state index in [1.807, 2.05) is 25.1 Å². The SMILES string of the molecule is COc1ccc(C)cc1C(O)CN[C@H](C)C1CCCCC1. The smallest absolute Gasteiger partial charge is 0.124 e. The Hall–Kier alpha value is -1.06. The van der Waals surface area contributed by atoms with Crippen molar-refractivity contribution in [2.75, 3.05) is 13.7 Å². The number of rotatable bonds is 6. The van der Waals surface area contributed by atoms with Crippen LogP contribution in [0.15, 0.2) is 18.2 Å². The maximum atomic E-state index is 10.5. The molecule has 1 aliphatic carbocycles. The topological polar surface area (TPSA) is 41.5 Å². The highest BCUT2D eigenvalue weighted by Gasteiger charge is 2.21. The van der Waals surface area contributed by atoms with E-state index in [1.54, 1.807) is 7.11 Å². The van der Waals surface area contributed by atoms with Crippen molar-refractivity contribution < 1.29 is 9.84 Å². The summed E-state index contributed by atoms with van der Waals surface area (Å²) < 4.78 is 5.36. The first-order valence-corrected chi connectivity index (χ1v) is 8.17. The molecule has 3 heteroatoms. The first-order chi connectivity index (χ1) is 10.1. The highest BCUT2D eigenvalue weighted by atomic mass is 16.5. The largest absolute Gasteiger partial charge is 0.496 e. The van der Waals surface area contributed by atoms with Crippen LogP contribution in [0, 0.1) is 12.8 Å². The molecule has 0 aromatic heterocycles. The maximum absolute atomic E-state index is 10.5. The number of aliphatic hydroxyl groups excluding tert-OH is 1. The summed E-state index contributed by atoms with van der Waals surface area (Å²) >= 11 is 0. The number of aliphatic hydroxyl groups is 1. The van der Waals surface area contributed by atoms with Crippen molar-refractivity contribution in [3.05, 3.63) is 29.3 Å². The van der Waals surface area contributed by atoms with Crippen LogP contribution in [0.5, 0.6) is 5.75 Å². The number of nitrogens with one attached hydrogen (secondary N) is 1. The Bertz CT molecular complexity index is 441. The maximum Gasteiger partial charge on any atom is 0.124 e. The second-order valence-electron chi connectivity index (χ2n) is 6.36. The van der Waals surface area contributed by atoms with Crippen LogP contribution in [-0.4, -0.2) is 24.8 Å². The van der Waals surface area contributed by atoms with Crippen LogP contribution in [0.3, 0.4) is 0 Å². The molecule has 1 saturated carbocycles. The van der Waals surface area contributed by atoms with Gasteiger partial charge in [-0.25, -0.2) is 0 Å². The fourth-order valence-corrected chi connectivity index (χ4v) is 3.32. The molecule has 3 nitrogen and oxygen atoms in total. The Labute approximate surface area is 128 Å². The summed E-state index contributed by atoms with van der Waals surface area (Å²) in [5.74, 6) is 1.52. The first kappa shape index (κ1) is 16.3. The minimum Gasteiger partial charge on any atom is -0.496 e. The molecule has 0 spiro atoms. The summed E-state index contributed by atoms with van der Waals surface area (Å²) in [5.41, 5.74) is 2.02. The molecule has 1 aromatic carbocycles. The van der Waals surface area contributed by atoms with Gasteiger partial charge in [-0.15, -0.1) is 0 Å². The summed E-state index contributed by atoms with van der Waals surface area (Å²) in [7, 11) is 1.65. The molecule has 21 heavy (non-hydrogen) atoms. The fraction of sp³-hybridized carbons (Fsp3) is 0.667. The zero-order valence-electron chi connectivity index (χ0n) is 13.6. The van der Waals surface area contributed by atoms with Gasteiger partial charge in [0.1, 0.15) is 5.75 Å². The Morgan fingerprint density at radius 3 is 2.67 bits per heavy atom. The van der Waals surface area contributed by atoms with Crippen LogP contribution in [-0.2, 0) is 0 Å². The molecule has 1 fully saturated rings. The van der Waals surface area contributed by atoms with Gasteiger partial charge in [0.15, 0.2) is 0 Å². The number of hydrogen-bond donors (Lipinski definition) is 2. The summed E-state index contributed by atoms with van der Waals surface area (Å²) in [5, 5.41) is 14.0. The first-order valence-electron chi connectivity index (χ1n) is 8.17. The Morgan fingerprint density at radius 2 is 2.00 bits per heavy atom. The van der Waals surface area contributed by atoms with Gasteiger partial charge in [0.05, 0.1) is 13.2 Å². The van der Waals surface area contributed by atoms with Gasteiger partial charge in [0.25, 0.3) is 0 Å². The standard InChI is InChI=1S/C18H29NO2/c1-13-9-10-18(21-3)16(11-13)17(20)12-19-14(2)15-7-5-4-6-8-15/h9-11,14-15,17,19-20H,4-8,12H2,1-3H3/t14-,17?/m1/s1. The minimum absolute atomic E-state index is 0.468. The lowest BCUT2D eigenvalue weighted by molar-refractivity contribution is 0.157. The molecule has 2 rings (SSSR count). The highest BCUT2D eigenvalue weighted by Crippen LogP contribution is 2.28. The quantitative estimate of drug-likeness (QED) is 0.841. The van der Waals surface area contributed by atoms with Crippen molar-refractivity contribution in [1.29, 1.82) is 0 Å². The molecule has 118 valence electrons. The Kier molecular flexibility index (Phi) is 6.07. The van der Waals surface area contributed by atoms with Crippen molar-refractivity contribution in [3.63, 3.8) is 0 Å². The molecule has 0 bridgehead atoms. The average Bonchev–Trinajstić information content (AvgIpc) is 2.53. The van der Waals surface area contributed by atoms with Crippen molar-refractivity contribution in [2.24, 2.45) is 5.92 Å². The predicted molar refractivity (Wildman–Crippen MR) is 86.7 cm³/mol. The zero-order valence-corrected chi connectivity index (χ0v) is 13.6. The van der Waals surface area contributed by atoms with E-state index in [1.165, 1.54) is 32.1 Å². The van der Waals surface area contributed by atoms with E-state index in [0.29, 0.717) is 12.6 Å². The van der Waals surface area contributed by atoms with Gasteiger partial charge in [-0.3, -0.25) is 0 Å². The van der Waals surface area contributed by atoms with Crippen LogP contribution < -0.4 is 10.1 Å². The van der Waals surface area contributed by atoms with E-state index < -0.39 is 6.10 Å². The van der Waals surface area contributed by atoms with Crippen LogP contribution in [0.4, 0.5) is 0 Å². The zero-order chi connectivity index (χ0) is 15.2. The average molecular weight is 291 g/mol. The molecular formula is C18H29NO2. The molecule has 0 heterocycles. The van der Waals surface area contributed by atoms with Crippen LogP contribution in [0.1, 0.15) is 56.3 Å². The highest BCUT2D eigenvalue weighted by molar-refractivity contribution is 5.38. The number of hydrogen-bond acceptors (Lipinski definition) is 3. The van der Waals surface area contributed by atoms with Gasteiger partial charge < -0.3 is 15.2 Å². The molecule has 1 unspecified atom stereocenters. The second-order valence-corrected chi connectivity index (χ2v) is 6.36. The van der Waals surface area contributed by atoms with Crippen LogP contribution in [0.25, 0.3) is 0 Å². The van der Waals surface area contributed by atoms with Gasteiger partial charge in [0.2, 0.25) is 0 Å². The van der Waals surface area contributed by atoms with E-state index in [4.69, 9.17) is 4.74 Å². The molecule has 0 amide bonds. The molecule has 0 saturated heterocycles. The third-order valence-electron chi connectivity index (χ3n) is 4.73. The monoisotopic (exact) mass is 291 g/mol. The molecule has 1 aromatic rings. The molecule has 2 atom stereocenters. The van der Waals surface area contributed by atoms with Crippen molar-refractivity contribution >= 4 is 0 Å². The predicted octanol–water partition coefficient (Wildman–Crippen LogP) is 3.60. The third-order valence-corrected chi connectivity index (χ3v) is 4.73. The van der Waals surface area contributed by atoms with Crippen molar-refractivity contribution in [3.8, 4) is 5.75 Å². The van der Waals surface area contributed by atoms with E-state index >= 15 is 0 Å². The molecule has 1 aliphatic rings. The normalized spacial score (nSPS) is 19.2. The summed E-state index contributed by atoms with van der Waals surface area (Å²) in [6, 6.07) is 6.41. The Balaban J connectivity index is 1.91. The van der Waals surface area contributed by atoms with Gasteiger partial charge in [-0.2, -0.15) is 0 Å². The Morgan fingerprint density at radius 1 is 1.29 bits per heavy atom. The molecule has 0 radical (unpaired) electrons. The molecular weight excluding hydrogens is 262 g/mol. The van der Waals surface area contributed by atoms with Crippen LogP contribution in [0.2, 0.25) is 0 Å². The van der Waals surface area contributed by atoms with Crippen molar-refractivity contribution in [2.45, 2.75) is 58.1 Å². The third kappa shape index (κ3) is 4.45. The minimum atomic E-state index is -0.522. The lowest BCUT2D eigenvalue weighted by Crippen LogP contribution is -2.37. The van der Waals surface area contributed by atoms with Gasteiger partial charge in [-0.1, -0.05) is 30.9 Å². The van der Waals surface area contributed by atoms with Crippen molar-refractivity contribution in [1.82, 2.24) is 5.32 Å². The number of benzene rings is 1. The summed E-state index contributed by atoms with van der Waals surface area (Å²) in [4.78, 5) is 0. The molecule has 2 N–H and O–H groups in total. The van der Waals surface area contributed by atoms with E-state index in [9.17, 15) is 5.11 Å². The lowest BCUT2D eigenvalue weighted by atomic mass is 9.84. The van der Waals surface area contributed by atoms with Gasteiger partial charge >= 0.3 is 0 Å². The van der Waals surface area contributed by atoms with Crippen LogP contribution >= 0.6 is 0 Å². The number of aryl methyl sites for hydroxylation is 1. The summed E-state index contributed by atoms with van der Waals surface area (Å²) in [6.07, 6.45) is 6.20. The number of methoxy groups -OCH3 is 1. The molecule has 0 aliphatic heterocycles. The van der Waals surface area contributed by atoms with E-state index in [-0.39, 0.29) is 0 Å². The fourth-order valence-electron chi connectivity index (χ4n) is 3.32. The van der Waals surface area contributed by atoms with E-state index in [2.05, 4.69) is 12.2 Å². The second kappa shape index (κ2) is 7.81. The van der Waals surface area contributed by atoms with Gasteiger partial charge in [-0.05, 0) is 44.7 Å².